The van der Waals surface area contributed by atoms with Gasteiger partial charge in [0.15, 0.2) is 11.5 Å². The number of hydrogen-bond donors (Lipinski definition) is 1. The molecule has 0 atom stereocenters. The van der Waals surface area contributed by atoms with Gasteiger partial charge in [-0.05, 0) is 44.1 Å². The van der Waals surface area contributed by atoms with E-state index in [4.69, 9.17) is 14.3 Å². The van der Waals surface area contributed by atoms with Crippen LogP contribution in [0, 0.1) is 11.3 Å². The van der Waals surface area contributed by atoms with E-state index in [-0.39, 0.29) is 11.7 Å². The number of nitriles is 1. The highest BCUT2D eigenvalue weighted by molar-refractivity contribution is 8.00. The summed E-state index contributed by atoms with van der Waals surface area (Å²) in [6, 6.07) is 7.52. The Morgan fingerprint density at radius 1 is 1.32 bits per heavy atom. The summed E-state index contributed by atoms with van der Waals surface area (Å²) in [5.41, 5.74) is 2.61. The van der Waals surface area contributed by atoms with Crippen molar-refractivity contribution >= 4 is 34.3 Å². The fourth-order valence-electron chi connectivity index (χ4n) is 3.14. The molecule has 0 saturated carbocycles. The van der Waals surface area contributed by atoms with Crippen LogP contribution in [0.2, 0.25) is 0 Å². The summed E-state index contributed by atoms with van der Waals surface area (Å²) in [5, 5.41) is 17.5. The first-order valence-electron chi connectivity index (χ1n) is 10.7. The largest absolute Gasteiger partial charge is 0.486 e. The third-order valence-electron chi connectivity index (χ3n) is 4.77. The van der Waals surface area contributed by atoms with Crippen molar-refractivity contribution in [2.45, 2.75) is 25.3 Å². The van der Waals surface area contributed by atoms with Gasteiger partial charge in [-0.2, -0.15) is 5.26 Å². The molecule has 0 saturated heterocycles. The topological polar surface area (TPSA) is 106 Å². The van der Waals surface area contributed by atoms with E-state index in [1.54, 1.807) is 24.4 Å². The number of pyridine rings is 1. The second-order valence-corrected chi connectivity index (χ2v) is 8.12. The van der Waals surface area contributed by atoms with Crippen LogP contribution in [0.5, 0.6) is 11.5 Å². The van der Waals surface area contributed by atoms with Crippen LogP contribution >= 0.6 is 11.8 Å². The maximum atomic E-state index is 12.4. The molecular formula is C25H26N4O4S. The molecule has 0 fully saturated rings. The lowest BCUT2D eigenvalue weighted by molar-refractivity contribution is -0.117. The Morgan fingerprint density at radius 3 is 2.79 bits per heavy atom. The van der Waals surface area contributed by atoms with Crippen molar-refractivity contribution in [2.24, 2.45) is 5.16 Å². The molecule has 0 aliphatic carbocycles. The molecule has 1 aromatic heterocycles. The number of ether oxygens (including phenoxy) is 2. The molecule has 1 aliphatic rings. The quantitative estimate of drug-likeness (QED) is 0.186. The van der Waals surface area contributed by atoms with Crippen molar-refractivity contribution in [3.05, 3.63) is 59.8 Å². The van der Waals surface area contributed by atoms with Crippen molar-refractivity contribution < 1.29 is 19.1 Å². The van der Waals surface area contributed by atoms with Crippen molar-refractivity contribution in [2.75, 3.05) is 26.1 Å². The number of carbonyl (C=O) groups is 1. The van der Waals surface area contributed by atoms with E-state index in [1.165, 1.54) is 18.9 Å². The van der Waals surface area contributed by atoms with Crippen molar-refractivity contribution in [1.82, 2.24) is 10.3 Å². The van der Waals surface area contributed by atoms with Gasteiger partial charge in [-0.25, -0.2) is 4.98 Å². The van der Waals surface area contributed by atoms with E-state index in [0.717, 1.165) is 17.4 Å². The monoisotopic (exact) mass is 478 g/mol. The zero-order valence-electron chi connectivity index (χ0n) is 19.3. The summed E-state index contributed by atoms with van der Waals surface area (Å²) < 4.78 is 11.2. The summed E-state index contributed by atoms with van der Waals surface area (Å²) in [6.45, 7) is 4.75. The fraction of sp³-hybridized carbons (Fsp3) is 0.280. The van der Waals surface area contributed by atoms with Crippen molar-refractivity contribution in [3.63, 3.8) is 0 Å². The third-order valence-corrected chi connectivity index (χ3v) is 5.76. The zero-order valence-corrected chi connectivity index (χ0v) is 20.1. The Morgan fingerprint density at radius 2 is 2.09 bits per heavy atom. The molecule has 34 heavy (non-hydrogen) atoms. The Bertz CT molecular complexity index is 1210. The molecule has 2 heterocycles. The maximum absolute atomic E-state index is 12.4. The molecule has 0 bridgehead atoms. The molecule has 2 aromatic rings. The Hall–Kier alpha value is -3.77. The number of thioether (sulfide) groups is 1. The second kappa shape index (κ2) is 12.5. The molecule has 3 rings (SSSR count). The number of aromatic nitrogens is 1. The second-order valence-electron chi connectivity index (χ2n) is 7.15. The van der Waals surface area contributed by atoms with Crippen LogP contribution in [-0.4, -0.2) is 42.7 Å². The molecule has 1 aliphatic heterocycles. The molecule has 0 radical (unpaired) electrons. The summed E-state index contributed by atoms with van der Waals surface area (Å²) >= 11 is 1.20. The van der Waals surface area contributed by atoms with Gasteiger partial charge in [0, 0.05) is 17.7 Å². The number of nitrogens with one attached hydrogen (secondary N) is 1. The minimum atomic E-state index is -0.219. The molecule has 0 spiro atoms. The van der Waals surface area contributed by atoms with E-state index in [9.17, 15) is 10.1 Å². The molecule has 1 aromatic carbocycles. The predicted octanol–water partition coefficient (Wildman–Crippen LogP) is 4.51. The summed E-state index contributed by atoms with van der Waals surface area (Å²) in [7, 11) is 1.49. The summed E-state index contributed by atoms with van der Waals surface area (Å²) in [6.07, 6.45) is 10.0. The number of oxime groups is 1. The molecule has 1 N–H and O–H groups in total. The van der Waals surface area contributed by atoms with Crippen LogP contribution in [0.15, 0.2) is 64.5 Å². The van der Waals surface area contributed by atoms with Gasteiger partial charge in [0.1, 0.15) is 31.4 Å². The molecule has 9 heteroatoms. The van der Waals surface area contributed by atoms with Gasteiger partial charge in [-0.15, -0.1) is 0 Å². The van der Waals surface area contributed by atoms with Gasteiger partial charge in [-0.1, -0.05) is 35.1 Å². The number of carbonyl (C=O) groups excluding carboxylic acids is 1. The normalized spacial score (nSPS) is 13.9. The number of hydrogen-bond acceptors (Lipinski definition) is 8. The first kappa shape index (κ1) is 24.9. The van der Waals surface area contributed by atoms with Crippen LogP contribution in [0.4, 0.5) is 0 Å². The van der Waals surface area contributed by atoms with E-state index in [1.807, 2.05) is 38.1 Å². The van der Waals surface area contributed by atoms with E-state index >= 15 is 0 Å². The lowest BCUT2D eigenvalue weighted by atomic mass is 10.1. The first-order valence-corrected chi connectivity index (χ1v) is 11.7. The minimum Gasteiger partial charge on any atom is -0.486 e. The Balaban J connectivity index is 1.67. The van der Waals surface area contributed by atoms with E-state index in [0.29, 0.717) is 46.5 Å². The highest BCUT2D eigenvalue weighted by Gasteiger charge is 2.16. The smallest absolute Gasteiger partial charge is 0.234 e. The van der Waals surface area contributed by atoms with Gasteiger partial charge < -0.3 is 19.6 Å². The van der Waals surface area contributed by atoms with Crippen LogP contribution in [0.3, 0.4) is 0 Å². The third kappa shape index (κ3) is 6.62. The van der Waals surface area contributed by atoms with E-state index < -0.39 is 0 Å². The predicted molar refractivity (Wildman–Crippen MR) is 133 cm³/mol. The number of benzene rings is 1. The Labute approximate surface area is 203 Å². The number of nitrogens with zero attached hydrogens (tertiary/aromatic N) is 3. The van der Waals surface area contributed by atoms with Gasteiger partial charge in [-0.3, -0.25) is 4.79 Å². The number of fused-ring (bicyclic) bond motifs is 2. The van der Waals surface area contributed by atoms with E-state index in [2.05, 4.69) is 21.5 Å². The highest BCUT2D eigenvalue weighted by Crippen LogP contribution is 2.35. The lowest BCUT2D eigenvalue weighted by Crippen LogP contribution is -2.19. The molecule has 176 valence electrons. The standard InChI is InChI=1S/C25H26N4O4S/c1-4-5-6-7-18(17(2)29-31-3)8-9-27-24(30)16-34-25-20(15-26)12-19-13-22-23(14-21(19)28-25)33-11-10-32-22/h4-5,7-9,12-14H,6,10-11,16H2,1-3H3,(H,27,30)/b5-4-,9-8+,18-7+,29-17-. The molecule has 8 nitrogen and oxygen atoms in total. The van der Waals surface area contributed by atoms with Crippen LogP contribution in [0.25, 0.3) is 10.9 Å². The van der Waals surface area contributed by atoms with Gasteiger partial charge in [0.25, 0.3) is 0 Å². The van der Waals surface area contributed by atoms with Crippen LogP contribution in [-0.2, 0) is 9.63 Å². The van der Waals surface area contributed by atoms with Gasteiger partial charge in [0.05, 0.1) is 22.5 Å². The highest BCUT2D eigenvalue weighted by atomic mass is 32.2. The SMILES string of the molecule is C/C=C\C/C=C(\C=C\NC(=O)CSc1nc2cc3c(cc2cc1C#N)OCCO3)C(/C)=N\OC. The van der Waals surface area contributed by atoms with Crippen LogP contribution < -0.4 is 14.8 Å². The number of amides is 1. The average molecular weight is 479 g/mol. The van der Waals surface area contributed by atoms with Crippen molar-refractivity contribution in [3.8, 4) is 17.6 Å². The van der Waals surface area contributed by atoms with Crippen LogP contribution in [0.1, 0.15) is 25.8 Å². The average Bonchev–Trinajstić information content (AvgIpc) is 2.84. The first-order chi connectivity index (χ1) is 16.5. The fourth-order valence-corrected chi connectivity index (χ4v) is 3.91. The molecule has 1 amide bonds. The number of rotatable bonds is 9. The van der Waals surface area contributed by atoms with Crippen molar-refractivity contribution in [1.29, 1.82) is 5.26 Å². The lowest BCUT2D eigenvalue weighted by Gasteiger charge is -2.18. The number of allylic oxidation sites excluding steroid dienone is 5. The molecular weight excluding hydrogens is 452 g/mol. The van der Waals surface area contributed by atoms with Gasteiger partial charge >= 0.3 is 0 Å². The minimum absolute atomic E-state index is 0.102. The molecule has 0 unspecified atom stereocenters. The maximum Gasteiger partial charge on any atom is 0.234 e. The zero-order chi connectivity index (χ0) is 24.3. The summed E-state index contributed by atoms with van der Waals surface area (Å²) in [5.74, 6) is 1.15. The van der Waals surface area contributed by atoms with Gasteiger partial charge in [0.2, 0.25) is 5.91 Å². The Kier molecular flexibility index (Phi) is 9.12. The summed E-state index contributed by atoms with van der Waals surface area (Å²) in [4.78, 5) is 21.8.